The highest BCUT2D eigenvalue weighted by Crippen LogP contribution is 2.56. The molecule has 650 valence electrons. The minimum absolute atomic E-state index is 0.0406. The van der Waals surface area contributed by atoms with Crippen LogP contribution >= 0.6 is 39.1 Å². The van der Waals surface area contributed by atoms with Crippen molar-refractivity contribution in [2.24, 2.45) is 0 Å². The lowest BCUT2D eigenvalue weighted by molar-refractivity contribution is -0.0661. The highest BCUT2D eigenvalue weighted by atomic mass is 31.2. The molecule has 23 atom stereocenters. The standard InChI is InChI=1S/C57H73N24O34P5/c58-37-1-4-76(55(87)67-37)40-7-25(83)32(106-40)17-100-116(90,91)114-29-11-44(80-50-23(14-65-80)47(62)71-53(85)74-50)109-35(29)20-103-118(94,95)113-28-9-42(78-6-3-39(60)69-57(78)89)108-34(28)19-102-120(98,99)115-30-12-45(81-51-24(15-66-81)48(63)72-54(86)75-51)110-36(30)21-104-119(96,97)112-27-8-41(77-5-2-38(59)68-56(77)88)107-33(27)18-101-117(92,93)111-26-10-43(105-31(26)16-82)79-49-22(13-64-79)46(61)70-52(84)73-49/h1-6,13-15,25-36,40-45,82-83H,7-12,16-21H2,(H,90,91)(H,92,93)(H,94,95)(H,96,97)(H,98,99)(H2,58,67,87)(H2,59,68,88)(H2,60,69,89)(H3,61,70,73,84)(H3,62,71,74,85)(H3,63,72,75,86)/t25-,26-,27-,28-,29-,30-,31+,32+,33+,34+,35+,36+,40+,41+,42+,43+,44+,45+/m0/s1. The summed E-state index contributed by atoms with van der Waals surface area (Å²) < 4.78 is 167. The maximum atomic E-state index is 14.5. The number of ether oxygens (including phenoxy) is 6. The van der Waals surface area contributed by atoms with E-state index < -0.39 is 249 Å². The monoisotopic (exact) mass is 1790 g/mol. The topological polar surface area (TPSA) is 826 Å². The van der Waals surface area contributed by atoms with E-state index >= 15 is 0 Å². The van der Waals surface area contributed by atoms with Crippen molar-refractivity contribution < 1.29 is 131 Å². The number of nitrogen functional groups attached to an aromatic ring is 6. The molecular formula is C57H73N24O34P5. The Balaban J connectivity index is 0.632. The summed E-state index contributed by atoms with van der Waals surface area (Å²) in [4.78, 5) is 163. The molecule has 5 unspecified atom stereocenters. The minimum atomic E-state index is -5.66. The Morgan fingerprint density at radius 2 is 0.625 bits per heavy atom. The van der Waals surface area contributed by atoms with Crippen LogP contribution in [0.2, 0.25) is 0 Å². The summed E-state index contributed by atoms with van der Waals surface area (Å²) in [5, 5.41) is 34.1. The van der Waals surface area contributed by atoms with Crippen molar-refractivity contribution in [3.63, 3.8) is 0 Å². The molecule has 6 aliphatic rings. The lowest BCUT2D eigenvalue weighted by Crippen LogP contribution is -2.32. The molecule has 120 heavy (non-hydrogen) atoms. The maximum absolute atomic E-state index is 14.5. The second-order valence-electron chi connectivity index (χ2n) is 27.5. The highest BCUT2D eigenvalue weighted by molar-refractivity contribution is 7.48. The summed E-state index contributed by atoms with van der Waals surface area (Å²) in [6.07, 6.45) is -23.2. The number of nitrogens with zero attached hydrogens (tertiary/aromatic N) is 15. The number of aliphatic hydroxyl groups excluding tert-OH is 2. The first kappa shape index (κ1) is 85.7. The van der Waals surface area contributed by atoms with Gasteiger partial charge in [0.2, 0.25) is 0 Å². The van der Waals surface area contributed by atoms with Crippen LogP contribution in [0, 0.1) is 0 Å². The van der Waals surface area contributed by atoms with Crippen LogP contribution < -0.4 is 68.5 Å². The molecule has 58 nitrogen and oxygen atoms in total. The molecular weight excluding hydrogens is 1720 g/mol. The Hall–Kier alpha value is -9.28. The normalized spacial score (nSPS) is 29.7. The van der Waals surface area contributed by atoms with Gasteiger partial charge in [-0.25, -0.2) is 65.6 Å². The van der Waals surface area contributed by atoms with Crippen LogP contribution in [0.15, 0.2) is 84.1 Å². The Bertz CT molecular complexity index is 6010. The second kappa shape index (κ2) is 33.9. The van der Waals surface area contributed by atoms with Gasteiger partial charge in [-0.3, -0.25) is 73.9 Å². The van der Waals surface area contributed by atoms with Crippen molar-refractivity contribution in [3.8, 4) is 0 Å². The number of anilines is 6. The van der Waals surface area contributed by atoms with Crippen molar-refractivity contribution in [2.45, 2.75) is 149 Å². The number of aliphatic hydroxyl groups is 2. The summed E-state index contributed by atoms with van der Waals surface area (Å²) in [5.41, 5.74) is 29.1. The number of H-pyrrole nitrogens is 3. The molecule has 6 aliphatic heterocycles. The fraction of sp³-hybridized carbons (Fsp3) is 0.526. The van der Waals surface area contributed by atoms with E-state index in [0.29, 0.717) is 0 Å². The Kier molecular flexibility index (Phi) is 24.2. The summed E-state index contributed by atoms with van der Waals surface area (Å²) in [6, 6.07) is 3.67. The van der Waals surface area contributed by atoms with Crippen LogP contribution in [-0.2, 0) is 96.5 Å². The average Bonchev–Trinajstić information content (AvgIpc) is 1.63. The van der Waals surface area contributed by atoms with Gasteiger partial charge >= 0.3 is 73.3 Å². The van der Waals surface area contributed by atoms with E-state index in [0.717, 1.165) is 40.1 Å². The fourth-order valence-electron chi connectivity index (χ4n) is 14.0. The summed E-state index contributed by atoms with van der Waals surface area (Å²) in [6.45, 7) is -6.00. The van der Waals surface area contributed by atoms with Crippen molar-refractivity contribution in [1.29, 1.82) is 0 Å². The van der Waals surface area contributed by atoms with Crippen molar-refractivity contribution in [1.82, 2.24) is 87.9 Å². The van der Waals surface area contributed by atoms with Gasteiger partial charge in [0, 0.05) is 57.1 Å². The number of rotatable bonds is 32. The molecule has 9 aromatic heterocycles. The van der Waals surface area contributed by atoms with Gasteiger partial charge in [0.15, 0.2) is 35.6 Å². The molecule has 0 bridgehead atoms. The van der Waals surface area contributed by atoms with E-state index in [9.17, 15) is 86.3 Å². The predicted octanol–water partition coefficient (Wildman–Crippen LogP) is -3.76. The number of phosphoric ester groups is 5. The number of nitrogens with two attached hydrogens (primary N) is 6. The number of hydrogen-bond acceptors (Lipinski definition) is 44. The minimum Gasteiger partial charge on any atom is -0.394 e. The van der Waals surface area contributed by atoms with Crippen LogP contribution in [0.25, 0.3) is 33.1 Å². The van der Waals surface area contributed by atoms with Gasteiger partial charge in [-0.1, -0.05) is 0 Å². The molecule has 6 saturated heterocycles. The molecule has 63 heteroatoms. The number of aromatic nitrogens is 18. The van der Waals surface area contributed by atoms with Crippen LogP contribution in [0.4, 0.5) is 34.9 Å². The van der Waals surface area contributed by atoms with Crippen LogP contribution in [0.1, 0.15) is 75.9 Å². The van der Waals surface area contributed by atoms with Crippen LogP contribution in [-0.4, -0.2) is 235 Å². The van der Waals surface area contributed by atoms with Crippen molar-refractivity contribution in [3.05, 3.63) is 118 Å². The predicted molar refractivity (Wildman–Crippen MR) is 394 cm³/mol. The molecule has 0 amide bonds. The third-order valence-electron chi connectivity index (χ3n) is 19.5. The summed E-state index contributed by atoms with van der Waals surface area (Å²) in [5.74, 6) is -1.02. The van der Waals surface area contributed by atoms with E-state index in [1.54, 1.807) is 0 Å². The zero-order valence-electron chi connectivity index (χ0n) is 61.1. The second-order valence-corrected chi connectivity index (χ2v) is 34.5. The molecule has 0 spiro atoms. The molecule has 15 heterocycles. The quantitative estimate of drug-likeness (QED) is 0.0180. The lowest BCUT2D eigenvalue weighted by atomic mass is 10.2. The third-order valence-corrected chi connectivity index (χ3v) is 24.5. The zero-order valence-corrected chi connectivity index (χ0v) is 65.6. The molecule has 6 fully saturated rings. The summed E-state index contributed by atoms with van der Waals surface area (Å²) in [7, 11) is -27.5. The average molecular weight is 1790 g/mol. The first-order valence-corrected chi connectivity index (χ1v) is 43.0. The molecule has 0 saturated carbocycles. The van der Waals surface area contributed by atoms with E-state index in [-0.39, 0.29) is 80.8 Å². The fourth-order valence-corrected chi connectivity index (χ4v) is 18.8. The van der Waals surface area contributed by atoms with Gasteiger partial charge in [-0.15, -0.1) is 0 Å². The van der Waals surface area contributed by atoms with E-state index in [4.69, 9.17) is 108 Å². The smallest absolute Gasteiger partial charge is 0.394 e. The number of aromatic amines is 3. The molecule has 9 aromatic rings. The first-order valence-electron chi connectivity index (χ1n) is 35.5. The summed E-state index contributed by atoms with van der Waals surface area (Å²) >= 11 is 0. The third kappa shape index (κ3) is 19.0. The van der Waals surface area contributed by atoms with Gasteiger partial charge in [-0.2, -0.15) is 45.2 Å². The molecule has 15 rings (SSSR count). The zero-order chi connectivity index (χ0) is 85.4. The number of hydrogen-bond donors (Lipinski definition) is 16. The van der Waals surface area contributed by atoms with Crippen molar-refractivity contribution in [2.75, 3.05) is 74.0 Å². The highest BCUT2D eigenvalue weighted by Gasteiger charge is 2.52. The van der Waals surface area contributed by atoms with Gasteiger partial charge in [0.05, 0.1) is 80.5 Å². The number of nitrogens with one attached hydrogen (secondary N) is 3. The SMILES string of the molecule is Nc1ccn([C@H]2C[C@H](OP(=O)(O)OC[C@H]3O[C@@H](n4ncc5c(N)[nH]c(=O)nc54)C[C@@H]3OP(=O)(O)OC[C@H]3O[C@@H](n4ccc(N)nc4=O)C[C@@H]3OP(=O)(O)OC[C@H]3O[C@@H](n4ncc5c(N)[nH]c(=O)nc54)C[C@@H]3OP(=O)(O)OC[C@H]3O[C@@H](n4ccc(N)nc4=O)C[C@@H]3O)[C@@H](COP(=O)(O)O[C@H]3C[C@H](n4ncc5c(N)[nH]c(=O)nc54)O[C@@H]3CO)O2)c(=O)n1. The van der Waals surface area contributed by atoms with Crippen molar-refractivity contribution >= 4 is 107 Å². The van der Waals surface area contributed by atoms with Crippen LogP contribution in [0.3, 0.4) is 0 Å². The Morgan fingerprint density at radius 1 is 0.375 bits per heavy atom. The number of phosphoric acid groups is 5. The van der Waals surface area contributed by atoms with E-state index in [2.05, 4.69) is 60.2 Å². The van der Waals surface area contributed by atoms with Gasteiger partial charge in [0.25, 0.3) is 0 Å². The van der Waals surface area contributed by atoms with E-state index in [1.807, 2.05) is 0 Å². The van der Waals surface area contributed by atoms with Gasteiger partial charge in [-0.05, 0) is 18.2 Å². The Labute approximate surface area is 665 Å². The Morgan fingerprint density at radius 3 is 0.917 bits per heavy atom. The molecule has 0 aliphatic carbocycles. The van der Waals surface area contributed by atoms with Crippen LogP contribution in [0.5, 0.6) is 0 Å². The molecule has 0 aromatic carbocycles. The number of fused-ring (bicyclic) bond motifs is 3. The van der Waals surface area contributed by atoms with Gasteiger partial charge < -0.3 is 97.5 Å². The van der Waals surface area contributed by atoms with Gasteiger partial charge in [0.1, 0.15) is 121 Å². The molecule has 22 N–H and O–H groups in total. The lowest BCUT2D eigenvalue weighted by Gasteiger charge is -2.26. The largest absolute Gasteiger partial charge is 0.472 e. The van der Waals surface area contributed by atoms with E-state index in [1.165, 1.54) is 43.0 Å². The molecule has 0 radical (unpaired) electrons. The maximum Gasteiger partial charge on any atom is 0.472 e. The first-order chi connectivity index (χ1) is 56.8.